The minimum absolute atomic E-state index is 0.0195. The van der Waals surface area contributed by atoms with E-state index in [-0.39, 0.29) is 5.56 Å². The smallest absolute Gasteiger partial charge is 0.260 e. The summed E-state index contributed by atoms with van der Waals surface area (Å²) in [5.41, 5.74) is 1.20. The van der Waals surface area contributed by atoms with Gasteiger partial charge in [-0.15, -0.1) is 17.8 Å². The number of aromatic nitrogens is 2. The van der Waals surface area contributed by atoms with Crippen molar-refractivity contribution < 1.29 is 0 Å². The predicted octanol–water partition coefficient (Wildman–Crippen LogP) is 2.20. The lowest BCUT2D eigenvalue weighted by atomic mass is 10.2. The van der Waals surface area contributed by atoms with E-state index in [4.69, 9.17) is 6.42 Å². The molecule has 0 atom stereocenters. The standard InChI is InChI=1S/C12H10N2OS2/c1-2-6-16-12-13-10(15)9-7-4-3-5-8(7)17-11(9)14-12/h1H,3-6H2,(H,13,14,15). The monoisotopic (exact) mass is 262 g/mol. The normalized spacial score (nSPS) is 13.8. The number of terminal acetylenes is 1. The number of thiophene rings is 1. The molecule has 0 fully saturated rings. The van der Waals surface area contributed by atoms with Gasteiger partial charge in [-0.25, -0.2) is 4.98 Å². The van der Waals surface area contributed by atoms with Crippen molar-refractivity contribution in [1.29, 1.82) is 0 Å². The minimum atomic E-state index is -0.0195. The van der Waals surface area contributed by atoms with Crippen LogP contribution in [-0.4, -0.2) is 15.7 Å². The Morgan fingerprint density at radius 2 is 2.41 bits per heavy atom. The van der Waals surface area contributed by atoms with Crippen LogP contribution in [0.1, 0.15) is 16.9 Å². The van der Waals surface area contributed by atoms with Crippen LogP contribution in [0.15, 0.2) is 9.95 Å². The Balaban J connectivity index is 2.16. The van der Waals surface area contributed by atoms with Crippen LogP contribution in [0.2, 0.25) is 0 Å². The largest absolute Gasteiger partial charge is 0.301 e. The first-order valence-electron chi connectivity index (χ1n) is 5.40. The third kappa shape index (κ3) is 1.78. The van der Waals surface area contributed by atoms with E-state index in [0.29, 0.717) is 10.9 Å². The molecule has 0 spiro atoms. The molecule has 3 nitrogen and oxygen atoms in total. The van der Waals surface area contributed by atoms with E-state index >= 15 is 0 Å². The molecule has 0 amide bonds. The Kier molecular flexibility index (Phi) is 2.69. The fourth-order valence-corrected chi connectivity index (χ4v) is 4.02. The summed E-state index contributed by atoms with van der Waals surface area (Å²) in [6.45, 7) is 0. The summed E-state index contributed by atoms with van der Waals surface area (Å²) in [5, 5.41) is 1.42. The van der Waals surface area contributed by atoms with Crippen molar-refractivity contribution in [2.75, 3.05) is 5.75 Å². The van der Waals surface area contributed by atoms with E-state index < -0.39 is 0 Å². The van der Waals surface area contributed by atoms with Gasteiger partial charge in [0.15, 0.2) is 5.16 Å². The van der Waals surface area contributed by atoms with E-state index in [1.807, 2.05) is 0 Å². The summed E-state index contributed by atoms with van der Waals surface area (Å²) in [6.07, 6.45) is 8.45. The Hall–Kier alpha value is -1.25. The maximum atomic E-state index is 12.0. The average molecular weight is 262 g/mol. The molecule has 17 heavy (non-hydrogen) atoms. The number of H-pyrrole nitrogens is 1. The van der Waals surface area contributed by atoms with Crippen LogP contribution in [0.5, 0.6) is 0 Å². The van der Waals surface area contributed by atoms with E-state index in [2.05, 4.69) is 15.9 Å². The number of thioether (sulfide) groups is 1. The van der Waals surface area contributed by atoms with E-state index in [1.165, 1.54) is 22.2 Å². The maximum Gasteiger partial charge on any atom is 0.260 e. The van der Waals surface area contributed by atoms with Crippen molar-refractivity contribution in [2.45, 2.75) is 24.4 Å². The van der Waals surface area contributed by atoms with Gasteiger partial charge in [0, 0.05) is 4.88 Å². The van der Waals surface area contributed by atoms with Crippen molar-refractivity contribution in [3.63, 3.8) is 0 Å². The van der Waals surface area contributed by atoms with Gasteiger partial charge in [-0.2, -0.15) is 0 Å². The van der Waals surface area contributed by atoms with Crippen molar-refractivity contribution in [1.82, 2.24) is 9.97 Å². The SMILES string of the molecule is C#CCSc1nc2sc3c(c2c(=O)[nH]1)CCC3. The van der Waals surface area contributed by atoms with Gasteiger partial charge in [0.2, 0.25) is 0 Å². The van der Waals surface area contributed by atoms with Crippen LogP contribution in [0, 0.1) is 12.3 Å². The van der Waals surface area contributed by atoms with Crippen molar-refractivity contribution in [3.05, 3.63) is 20.8 Å². The van der Waals surface area contributed by atoms with Crippen LogP contribution in [0.25, 0.3) is 10.2 Å². The van der Waals surface area contributed by atoms with Crippen LogP contribution in [0.3, 0.4) is 0 Å². The summed E-state index contributed by atoms with van der Waals surface area (Å²) >= 11 is 3.05. The summed E-state index contributed by atoms with van der Waals surface area (Å²) in [7, 11) is 0. The molecular weight excluding hydrogens is 252 g/mol. The van der Waals surface area contributed by atoms with Gasteiger partial charge in [-0.3, -0.25) is 4.79 Å². The zero-order chi connectivity index (χ0) is 11.8. The average Bonchev–Trinajstić information content (AvgIpc) is 2.85. The second-order valence-electron chi connectivity index (χ2n) is 3.90. The maximum absolute atomic E-state index is 12.0. The number of nitrogens with one attached hydrogen (secondary N) is 1. The summed E-state index contributed by atoms with van der Waals surface area (Å²) in [4.78, 5) is 21.5. The lowest BCUT2D eigenvalue weighted by Crippen LogP contribution is -2.09. The van der Waals surface area contributed by atoms with Crippen LogP contribution in [-0.2, 0) is 12.8 Å². The molecule has 3 rings (SSSR count). The summed E-state index contributed by atoms with van der Waals surface area (Å²) in [5.74, 6) is 3.05. The number of hydrogen-bond acceptors (Lipinski definition) is 4. The van der Waals surface area contributed by atoms with Gasteiger partial charge < -0.3 is 4.98 Å². The van der Waals surface area contributed by atoms with Gasteiger partial charge in [0.1, 0.15) is 4.83 Å². The van der Waals surface area contributed by atoms with Crippen molar-refractivity contribution >= 4 is 33.3 Å². The van der Waals surface area contributed by atoms with Crippen molar-refractivity contribution in [3.8, 4) is 12.3 Å². The van der Waals surface area contributed by atoms with Crippen LogP contribution in [0.4, 0.5) is 0 Å². The number of nitrogens with zero attached hydrogens (tertiary/aromatic N) is 1. The van der Waals surface area contributed by atoms with Gasteiger partial charge in [0.25, 0.3) is 5.56 Å². The van der Waals surface area contributed by atoms with Gasteiger partial charge >= 0.3 is 0 Å². The molecule has 1 N–H and O–H groups in total. The fourth-order valence-electron chi connectivity index (χ4n) is 2.16. The zero-order valence-corrected chi connectivity index (χ0v) is 10.7. The molecule has 86 valence electrons. The molecule has 1 aliphatic rings. The lowest BCUT2D eigenvalue weighted by Gasteiger charge is -1.97. The summed E-state index contributed by atoms with van der Waals surface area (Å²) < 4.78 is 0. The molecule has 0 bridgehead atoms. The Labute approximate surface area is 107 Å². The van der Waals surface area contributed by atoms with E-state index in [0.717, 1.165) is 29.5 Å². The zero-order valence-electron chi connectivity index (χ0n) is 9.08. The number of fused-ring (bicyclic) bond motifs is 3. The molecule has 5 heteroatoms. The summed E-state index contributed by atoms with van der Waals surface area (Å²) in [6, 6.07) is 0. The van der Waals surface area contributed by atoms with Gasteiger partial charge in [-0.05, 0) is 24.8 Å². The Morgan fingerprint density at radius 3 is 3.24 bits per heavy atom. The Bertz CT molecular complexity index is 678. The molecule has 0 saturated heterocycles. The van der Waals surface area contributed by atoms with Gasteiger partial charge in [0.05, 0.1) is 11.1 Å². The number of rotatable bonds is 2. The molecule has 0 aliphatic heterocycles. The molecule has 2 aromatic rings. The highest BCUT2D eigenvalue weighted by atomic mass is 32.2. The third-order valence-corrected chi connectivity index (χ3v) is 4.81. The van der Waals surface area contributed by atoms with Crippen LogP contribution < -0.4 is 5.56 Å². The first kappa shape index (κ1) is 10.9. The first-order valence-corrected chi connectivity index (χ1v) is 7.20. The van der Waals surface area contributed by atoms with Crippen molar-refractivity contribution in [2.24, 2.45) is 0 Å². The highest BCUT2D eigenvalue weighted by Gasteiger charge is 2.20. The van der Waals surface area contributed by atoms with Crippen LogP contribution >= 0.6 is 23.1 Å². The molecule has 0 unspecified atom stereocenters. The number of aryl methyl sites for hydroxylation is 2. The lowest BCUT2D eigenvalue weighted by molar-refractivity contribution is 0.914. The molecular formula is C12H10N2OS2. The highest BCUT2D eigenvalue weighted by molar-refractivity contribution is 7.99. The van der Waals surface area contributed by atoms with E-state index in [1.54, 1.807) is 11.3 Å². The third-order valence-electron chi connectivity index (χ3n) is 2.85. The molecule has 2 heterocycles. The quantitative estimate of drug-likeness (QED) is 0.513. The number of aromatic amines is 1. The second kappa shape index (κ2) is 4.21. The highest BCUT2D eigenvalue weighted by Crippen LogP contribution is 2.34. The fraction of sp³-hybridized carbons (Fsp3) is 0.333. The Morgan fingerprint density at radius 1 is 1.53 bits per heavy atom. The molecule has 0 saturated carbocycles. The predicted molar refractivity (Wildman–Crippen MR) is 71.8 cm³/mol. The molecule has 2 aromatic heterocycles. The van der Waals surface area contributed by atoms with E-state index in [9.17, 15) is 4.79 Å². The number of hydrogen-bond donors (Lipinski definition) is 1. The second-order valence-corrected chi connectivity index (χ2v) is 5.95. The topological polar surface area (TPSA) is 45.8 Å². The first-order chi connectivity index (χ1) is 8.29. The molecule has 1 aliphatic carbocycles. The van der Waals surface area contributed by atoms with Gasteiger partial charge in [-0.1, -0.05) is 17.7 Å². The molecule has 0 aromatic carbocycles. The molecule has 0 radical (unpaired) electrons. The minimum Gasteiger partial charge on any atom is -0.301 e.